The maximum atomic E-state index is 13.5. The normalized spacial score (nSPS) is 16.8. The first-order chi connectivity index (χ1) is 17.7. The summed E-state index contributed by atoms with van der Waals surface area (Å²) in [4.78, 5) is 55.5. The number of nitrogens with one attached hydrogen (secondary N) is 3. The van der Waals surface area contributed by atoms with E-state index in [-0.39, 0.29) is 32.4 Å². The lowest BCUT2D eigenvalue weighted by Gasteiger charge is -2.29. The van der Waals surface area contributed by atoms with Crippen molar-refractivity contribution in [1.29, 1.82) is 0 Å². The molecule has 2 aromatic rings. The van der Waals surface area contributed by atoms with Crippen LogP contribution in [-0.4, -0.2) is 60.2 Å². The zero-order valence-corrected chi connectivity index (χ0v) is 21.2. The molecule has 1 saturated carbocycles. The van der Waals surface area contributed by atoms with E-state index in [0.717, 1.165) is 0 Å². The number of thiazole rings is 1. The smallest absolute Gasteiger partial charge is 0.289 e. The van der Waals surface area contributed by atoms with Crippen LogP contribution in [0.1, 0.15) is 36.3 Å². The van der Waals surface area contributed by atoms with E-state index in [9.17, 15) is 28.0 Å². The lowest BCUT2D eigenvalue weighted by atomic mass is 9.86. The van der Waals surface area contributed by atoms with Crippen molar-refractivity contribution in [2.75, 3.05) is 13.7 Å². The largest absolute Gasteiger partial charge is 0.382 e. The summed E-state index contributed by atoms with van der Waals surface area (Å²) in [6.07, 6.45) is 0.853. The Labute approximate surface area is 217 Å². The first-order valence-electron chi connectivity index (χ1n) is 11.9. The Balaban J connectivity index is 1.67. The monoisotopic (exact) mass is 536 g/mol. The highest BCUT2D eigenvalue weighted by atomic mass is 32.1. The van der Waals surface area contributed by atoms with Crippen LogP contribution in [0.25, 0.3) is 0 Å². The van der Waals surface area contributed by atoms with Crippen molar-refractivity contribution < 1.29 is 32.7 Å². The highest BCUT2D eigenvalue weighted by molar-refractivity contribution is 7.09. The summed E-state index contributed by atoms with van der Waals surface area (Å²) in [6, 6.07) is 6.46. The third-order valence-electron chi connectivity index (χ3n) is 6.08. The first-order valence-corrected chi connectivity index (χ1v) is 12.8. The van der Waals surface area contributed by atoms with Crippen LogP contribution in [0.2, 0.25) is 0 Å². The number of rotatable bonds is 12. The second-order valence-electron chi connectivity index (χ2n) is 8.87. The third-order valence-corrected chi connectivity index (χ3v) is 6.86. The molecule has 3 amide bonds. The fourth-order valence-corrected chi connectivity index (χ4v) is 4.57. The minimum atomic E-state index is -2.79. The molecule has 3 N–H and O–H groups in total. The number of hydrogen-bond acceptors (Lipinski definition) is 7. The van der Waals surface area contributed by atoms with Gasteiger partial charge in [0.05, 0.1) is 13.2 Å². The van der Waals surface area contributed by atoms with Crippen LogP contribution >= 0.6 is 11.3 Å². The van der Waals surface area contributed by atoms with Gasteiger partial charge in [-0.3, -0.25) is 19.2 Å². The number of aromatic nitrogens is 1. The molecule has 1 aliphatic rings. The Morgan fingerprint density at radius 1 is 1.11 bits per heavy atom. The number of carbonyl (C=O) groups excluding carboxylic acids is 4. The zero-order chi connectivity index (χ0) is 26.8. The predicted molar refractivity (Wildman–Crippen MR) is 132 cm³/mol. The number of methoxy groups -OCH3 is 1. The molecule has 2 atom stereocenters. The van der Waals surface area contributed by atoms with E-state index in [2.05, 4.69) is 20.9 Å². The highest BCUT2D eigenvalue weighted by Gasteiger charge is 2.38. The number of halogens is 2. The maximum Gasteiger partial charge on any atom is 0.289 e. The summed E-state index contributed by atoms with van der Waals surface area (Å²) in [6.45, 7) is -0.139. The summed E-state index contributed by atoms with van der Waals surface area (Å²) in [5.74, 6) is -6.42. The average molecular weight is 537 g/mol. The molecule has 0 radical (unpaired) electrons. The lowest BCUT2D eigenvalue weighted by Crippen LogP contribution is -2.56. The van der Waals surface area contributed by atoms with Gasteiger partial charge in [0, 0.05) is 43.9 Å². The predicted octanol–water partition coefficient (Wildman–Crippen LogP) is 2.01. The molecule has 1 aliphatic carbocycles. The number of ether oxygens (including phenoxy) is 1. The lowest BCUT2D eigenvalue weighted by molar-refractivity contribution is -0.141. The van der Waals surface area contributed by atoms with E-state index < -0.39 is 60.3 Å². The van der Waals surface area contributed by atoms with E-state index in [4.69, 9.17) is 4.74 Å². The van der Waals surface area contributed by atoms with Crippen molar-refractivity contribution in [3.05, 3.63) is 52.5 Å². The number of alkyl halides is 2. The van der Waals surface area contributed by atoms with Crippen LogP contribution in [-0.2, 0) is 36.9 Å². The summed E-state index contributed by atoms with van der Waals surface area (Å²) in [7, 11) is 1.34. The topological polar surface area (TPSA) is 126 Å². The van der Waals surface area contributed by atoms with Crippen LogP contribution in [0, 0.1) is 5.92 Å². The second kappa shape index (κ2) is 13.3. The summed E-state index contributed by atoms with van der Waals surface area (Å²) in [5.41, 5.74) is 0.712. The van der Waals surface area contributed by atoms with E-state index in [1.54, 1.807) is 41.9 Å². The number of ketones is 1. The van der Waals surface area contributed by atoms with E-state index in [1.165, 1.54) is 18.4 Å². The quantitative estimate of drug-likeness (QED) is 0.356. The summed E-state index contributed by atoms with van der Waals surface area (Å²) in [5, 5.41) is 10.00. The van der Waals surface area contributed by atoms with E-state index in [0.29, 0.717) is 10.6 Å². The Kier molecular flexibility index (Phi) is 10.2. The van der Waals surface area contributed by atoms with Gasteiger partial charge in [-0.15, -0.1) is 11.3 Å². The molecule has 1 heterocycles. The maximum absolute atomic E-state index is 13.5. The van der Waals surface area contributed by atoms with Crippen molar-refractivity contribution >= 4 is 34.8 Å². The Morgan fingerprint density at radius 3 is 2.43 bits per heavy atom. The van der Waals surface area contributed by atoms with Gasteiger partial charge < -0.3 is 20.7 Å². The fraction of sp³-hybridized carbons (Fsp3) is 0.480. The third kappa shape index (κ3) is 8.67. The van der Waals surface area contributed by atoms with Crippen LogP contribution in [0.3, 0.4) is 0 Å². The summed E-state index contributed by atoms with van der Waals surface area (Å²) < 4.78 is 32.0. The van der Waals surface area contributed by atoms with Gasteiger partial charge in [-0.25, -0.2) is 13.8 Å². The Bertz CT molecular complexity index is 1060. The molecule has 0 aliphatic heterocycles. The molecular weight excluding hydrogens is 506 g/mol. The molecular formula is C25H30F2N4O5S. The van der Waals surface area contributed by atoms with Gasteiger partial charge in [-0.1, -0.05) is 30.3 Å². The van der Waals surface area contributed by atoms with E-state index >= 15 is 0 Å². The molecule has 200 valence electrons. The number of carbonyl (C=O) groups is 4. The van der Waals surface area contributed by atoms with Gasteiger partial charge in [-0.2, -0.15) is 0 Å². The van der Waals surface area contributed by atoms with Gasteiger partial charge in [0.25, 0.3) is 5.91 Å². The molecule has 1 fully saturated rings. The molecule has 1 aromatic carbocycles. The van der Waals surface area contributed by atoms with Crippen LogP contribution < -0.4 is 16.0 Å². The highest BCUT2D eigenvalue weighted by Crippen LogP contribution is 2.36. The number of hydrogen-bond donors (Lipinski definition) is 3. The molecule has 3 rings (SSSR count). The van der Waals surface area contributed by atoms with Gasteiger partial charge in [0.2, 0.25) is 23.5 Å². The molecule has 9 nitrogen and oxygen atoms in total. The van der Waals surface area contributed by atoms with Crippen molar-refractivity contribution in [1.82, 2.24) is 20.9 Å². The molecule has 1 aromatic heterocycles. The summed E-state index contributed by atoms with van der Waals surface area (Å²) >= 11 is 1.32. The van der Waals surface area contributed by atoms with Crippen molar-refractivity contribution in [3.63, 3.8) is 0 Å². The molecule has 0 bridgehead atoms. The fourth-order valence-electron chi connectivity index (χ4n) is 4.01. The van der Waals surface area contributed by atoms with Gasteiger partial charge in [0.15, 0.2) is 0 Å². The van der Waals surface area contributed by atoms with E-state index in [1.807, 2.05) is 0 Å². The second-order valence-corrected chi connectivity index (χ2v) is 9.85. The molecule has 12 heteroatoms. The number of amides is 3. The van der Waals surface area contributed by atoms with Gasteiger partial charge in [-0.05, 0) is 18.4 Å². The standard InChI is InChI=1S/C25H30F2N4O5S/c1-36-15-19(31-22(33)17-7-9-25(26,27)10-8-17)23(34)30-18(13-16-5-3-2-4-6-16)21(32)24(35)29-14-20-28-11-12-37-20/h2-6,11-12,17-19H,7-10,13-15H2,1H3,(H,29,35)(H,30,34)(H,31,33)/t18-,19-/m1/s1. The minimum Gasteiger partial charge on any atom is -0.382 e. The Morgan fingerprint density at radius 2 is 1.81 bits per heavy atom. The minimum absolute atomic E-state index is 0.00847. The number of nitrogens with zero attached hydrogens (tertiary/aromatic N) is 1. The first kappa shape index (κ1) is 28.3. The molecule has 37 heavy (non-hydrogen) atoms. The zero-order valence-electron chi connectivity index (χ0n) is 20.4. The van der Waals surface area contributed by atoms with Crippen LogP contribution in [0.4, 0.5) is 8.78 Å². The average Bonchev–Trinajstić information content (AvgIpc) is 3.40. The van der Waals surface area contributed by atoms with Crippen LogP contribution in [0.5, 0.6) is 0 Å². The van der Waals surface area contributed by atoms with Gasteiger partial charge >= 0.3 is 0 Å². The number of Topliss-reactive ketones (excluding diaryl/α,β-unsaturated/α-hetero) is 1. The van der Waals surface area contributed by atoms with Gasteiger partial charge in [0.1, 0.15) is 17.1 Å². The molecule has 0 unspecified atom stereocenters. The van der Waals surface area contributed by atoms with Crippen molar-refractivity contribution in [2.24, 2.45) is 5.92 Å². The number of benzene rings is 1. The van der Waals surface area contributed by atoms with Crippen LogP contribution in [0.15, 0.2) is 41.9 Å². The van der Waals surface area contributed by atoms with Crippen molar-refractivity contribution in [2.45, 2.75) is 56.7 Å². The Hall–Kier alpha value is -3.25. The molecule has 0 spiro atoms. The molecule has 0 saturated heterocycles. The van der Waals surface area contributed by atoms with Crippen molar-refractivity contribution in [3.8, 4) is 0 Å². The SMILES string of the molecule is COC[C@@H](NC(=O)C1CCC(F)(F)CC1)C(=O)N[C@H](Cc1ccccc1)C(=O)C(=O)NCc1nccs1.